The second-order valence-electron chi connectivity index (χ2n) is 3.71. The Kier molecular flexibility index (Phi) is 4.29. The molecule has 5 heteroatoms. The lowest BCUT2D eigenvalue weighted by molar-refractivity contribution is -0.196. The molecule has 92 valence electrons. The molecule has 1 fully saturated rings. The van der Waals surface area contributed by atoms with Gasteiger partial charge in [-0.2, -0.15) is 0 Å². The third-order valence-electron chi connectivity index (χ3n) is 2.82. The Morgan fingerprint density at radius 1 is 1.38 bits per heavy atom. The molecule has 1 amide bonds. The average Bonchev–Trinajstić information content (AvgIpc) is 2.72. The van der Waals surface area contributed by atoms with E-state index < -0.39 is 11.7 Å². The van der Waals surface area contributed by atoms with Crippen molar-refractivity contribution in [1.82, 2.24) is 4.90 Å². The minimum Gasteiger partial charge on any atom is -0.465 e. The number of hydrogen-bond donors (Lipinski definition) is 0. The smallest absolute Gasteiger partial charge is 0.359 e. The van der Waals surface area contributed by atoms with Gasteiger partial charge in [-0.05, 0) is 13.3 Å². The van der Waals surface area contributed by atoms with Gasteiger partial charge in [-0.1, -0.05) is 6.92 Å². The Labute approximate surface area is 95.7 Å². The highest BCUT2D eigenvalue weighted by atomic mass is 16.6. The van der Waals surface area contributed by atoms with E-state index in [4.69, 9.17) is 9.47 Å². The maximum atomic E-state index is 11.8. The molecule has 0 saturated carbocycles. The molecule has 16 heavy (non-hydrogen) atoms. The van der Waals surface area contributed by atoms with Crippen molar-refractivity contribution in [3.05, 3.63) is 0 Å². The molecule has 0 unspecified atom stereocenters. The van der Waals surface area contributed by atoms with Gasteiger partial charge in [-0.3, -0.25) is 4.79 Å². The Bertz CT molecular complexity index is 279. The summed E-state index contributed by atoms with van der Waals surface area (Å²) in [6, 6.07) is 0. The Balaban J connectivity index is 2.97. The highest BCUT2D eigenvalue weighted by Crippen LogP contribution is 2.32. The largest absolute Gasteiger partial charge is 0.465 e. The van der Waals surface area contributed by atoms with Crippen molar-refractivity contribution in [3.63, 3.8) is 0 Å². The molecular weight excluding hydrogens is 210 g/mol. The zero-order valence-corrected chi connectivity index (χ0v) is 10.1. The van der Waals surface area contributed by atoms with Crippen molar-refractivity contribution in [2.75, 3.05) is 20.3 Å². The number of esters is 1. The summed E-state index contributed by atoms with van der Waals surface area (Å²) < 4.78 is 10.3. The first kappa shape index (κ1) is 13.0. The maximum Gasteiger partial charge on any atom is 0.359 e. The Hall–Kier alpha value is -1.10. The molecule has 0 N–H and O–H groups in total. The van der Waals surface area contributed by atoms with Crippen LogP contribution < -0.4 is 0 Å². The highest BCUT2D eigenvalue weighted by Gasteiger charge is 2.51. The first-order valence-corrected chi connectivity index (χ1v) is 5.65. The fourth-order valence-electron chi connectivity index (χ4n) is 2.13. The zero-order chi connectivity index (χ0) is 12.2. The summed E-state index contributed by atoms with van der Waals surface area (Å²) in [5.74, 6) is -0.551. The fourth-order valence-corrected chi connectivity index (χ4v) is 2.13. The average molecular weight is 229 g/mol. The van der Waals surface area contributed by atoms with Crippen LogP contribution in [0.5, 0.6) is 0 Å². The predicted molar refractivity (Wildman–Crippen MR) is 57.6 cm³/mol. The van der Waals surface area contributed by atoms with Crippen LogP contribution in [0.3, 0.4) is 0 Å². The SMILES string of the molecule is CCO[C@@]1(C(=O)OC)CCCN1C(=O)CC. The topological polar surface area (TPSA) is 55.8 Å². The van der Waals surface area contributed by atoms with Gasteiger partial charge in [-0.25, -0.2) is 4.79 Å². The molecule has 1 aliphatic rings. The van der Waals surface area contributed by atoms with E-state index >= 15 is 0 Å². The molecular formula is C11H19NO4. The summed E-state index contributed by atoms with van der Waals surface area (Å²) in [6.45, 7) is 4.51. The van der Waals surface area contributed by atoms with E-state index in [1.165, 1.54) is 12.0 Å². The van der Waals surface area contributed by atoms with Crippen LogP contribution in [0.2, 0.25) is 0 Å². The number of rotatable bonds is 4. The number of likely N-dealkylation sites (tertiary alicyclic amines) is 1. The lowest BCUT2D eigenvalue weighted by Gasteiger charge is -2.35. The van der Waals surface area contributed by atoms with Gasteiger partial charge in [0.1, 0.15) is 0 Å². The third kappa shape index (κ3) is 2.04. The van der Waals surface area contributed by atoms with Gasteiger partial charge >= 0.3 is 5.97 Å². The van der Waals surface area contributed by atoms with E-state index in [-0.39, 0.29) is 5.91 Å². The van der Waals surface area contributed by atoms with Gasteiger partial charge in [0.05, 0.1) is 7.11 Å². The number of nitrogens with zero attached hydrogens (tertiary/aromatic N) is 1. The van der Waals surface area contributed by atoms with Gasteiger partial charge in [0.25, 0.3) is 0 Å². The monoisotopic (exact) mass is 229 g/mol. The predicted octanol–water partition coefficient (Wildman–Crippen LogP) is 0.925. The maximum absolute atomic E-state index is 11.8. The molecule has 0 aromatic heterocycles. The molecule has 0 aliphatic carbocycles. The standard InChI is InChI=1S/C11H19NO4/c1-4-9(13)12-8-6-7-11(12,16-5-2)10(14)15-3/h4-8H2,1-3H3/t11-/m1/s1. The summed E-state index contributed by atoms with van der Waals surface area (Å²) in [4.78, 5) is 25.1. The van der Waals surface area contributed by atoms with Crippen LogP contribution in [0.15, 0.2) is 0 Å². The number of hydrogen-bond acceptors (Lipinski definition) is 4. The van der Waals surface area contributed by atoms with Gasteiger partial charge in [0.2, 0.25) is 11.6 Å². The van der Waals surface area contributed by atoms with Gasteiger partial charge in [-0.15, -0.1) is 0 Å². The van der Waals surface area contributed by atoms with Crippen LogP contribution >= 0.6 is 0 Å². The summed E-state index contributed by atoms with van der Waals surface area (Å²) >= 11 is 0. The highest BCUT2D eigenvalue weighted by molar-refractivity contribution is 5.87. The van der Waals surface area contributed by atoms with E-state index in [9.17, 15) is 9.59 Å². The van der Waals surface area contributed by atoms with Crippen molar-refractivity contribution in [3.8, 4) is 0 Å². The minimum atomic E-state index is -1.18. The van der Waals surface area contributed by atoms with Crippen LogP contribution in [0, 0.1) is 0 Å². The molecule has 0 aromatic rings. The molecule has 1 atom stereocenters. The van der Waals surface area contributed by atoms with Crippen LogP contribution in [-0.2, 0) is 19.1 Å². The van der Waals surface area contributed by atoms with E-state index in [1.54, 1.807) is 13.8 Å². The normalized spacial score (nSPS) is 24.6. The lowest BCUT2D eigenvalue weighted by Crippen LogP contribution is -2.55. The van der Waals surface area contributed by atoms with Gasteiger partial charge < -0.3 is 14.4 Å². The van der Waals surface area contributed by atoms with E-state index in [0.717, 1.165) is 6.42 Å². The molecule has 0 spiro atoms. The van der Waals surface area contributed by atoms with Crippen molar-refractivity contribution >= 4 is 11.9 Å². The minimum absolute atomic E-state index is 0.0728. The number of amides is 1. The summed E-state index contributed by atoms with van der Waals surface area (Å²) in [5, 5.41) is 0. The molecule has 0 radical (unpaired) electrons. The fraction of sp³-hybridized carbons (Fsp3) is 0.818. The quantitative estimate of drug-likeness (QED) is 0.673. The van der Waals surface area contributed by atoms with Crippen molar-refractivity contribution in [2.45, 2.75) is 38.8 Å². The number of ether oxygens (including phenoxy) is 2. The van der Waals surface area contributed by atoms with E-state index in [1.807, 2.05) is 0 Å². The van der Waals surface area contributed by atoms with E-state index in [2.05, 4.69) is 0 Å². The second kappa shape index (κ2) is 5.30. The van der Waals surface area contributed by atoms with Crippen molar-refractivity contribution < 1.29 is 19.1 Å². The van der Waals surface area contributed by atoms with E-state index in [0.29, 0.717) is 26.0 Å². The molecule has 0 aromatic carbocycles. The second-order valence-corrected chi connectivity index (χ2v) is 3.71. The zero-order valence-electron chi connectivity index (χ0n) is 10.1. The number of carbonyl (C=O) groups excluding carboxylic acids is 2. The first-order valence-electron chi connectivity index (χ1n) is 5.65. The molecule has 1 rings (SSSR count). The van der Waals surface area contributed by atoms with Crippen LogP contribution in [0.4, 0.5) is 0 Å². The molecule has 1 aliphatic heterocycles. The van der Waals surface area contributed by atoms with Crippen molar-refractivity contribution in [1.29, 1.82) is 0 Å². The summed E-state index contributed by atoms with van der Waals surface area (Å²) in [5.41, 5.74) is -1.18. The number of carbonyl (C=O) groups is 2. The molecule has 1 heterocycles. The summed E-state index contributed by atoms with van der Waals surface area (Å²) in [7, 11) is 1.32. The lowest BCUT2D eigenvalue weighted by atomic mass is 10.1. The van der Waals surface area contributed by atoms with Crippen LogP contribution in [-0.4, -0.2) is 42.8 Å². The molecule has 5 nitrogen and oxygen atoms in total. The molecule has 0 bridgehead atoms. The van der Waals surface area contributed by atoms with Crippen LogP contribution in [0.1, 0.15) is 33.1 Å². The summed E-state index contributed by atoms with van der Waals surface area (Å²) in [6.07, 6.45) is 1.64. The Morgan fingerprint density at radius 2 is 2.06 bits per heavy atom. The van der Waals surface area contributed by atoms with Gasteiger partial charge in [0.15, 0.2) is 0 Å². The molecule has 1 saturated heterocycles. The first-order chi connectivity index (χ1) is 7.62. The number of methoxy groups -OCH3 is 1. The van der Waals surface area contributed by atoms with Crippen molar-refractivity contribution in [2.24, 2.45) is 0 Å². The third-order valence-corrected chi connectivity index (χ3v) is 2.82. The Morgan fingerprint density at radius 3 is 2.56 bits per heavy atom. The van der Waals surface area contributed by atoms with Gasteiger partial charge in [0, 0.05) is 26.0 Å². The van der Waals surface area contributed by atoms with Crippen LogP contribution in [0.25, 0.3) is 0 Å².